The van der Waals surface area contributed by atoms with Crippen LogP contribution >= 0.6 is 0 Å². The van der Waals surface area contributed by atoms with Crippen LogP contribution in [-0.4, -0.2) is 29.3 Å². The largest absolute Gasteiger partial charge is 0.397 e. The van der Waals surface area contributed by atoms with E-state index in [9.17, 15) is 5.11 Å². The molecule has 0 spiro atoms. The fourth-order valence-corrected chi connectivity index (χ4v) is 1.15. The number of aryl methyl sites for hydroxylation is 1. The minimum absolute atomic E-state index is 0.0780. The molecule has 1 rings (SSSR count). The lowest BCUT2D eigenvalue weighted by molar-refractivity contribution is 0.215. The van der Waals surface area contributed by atoms with Gasteiger partial charge in [-0.25, -0.2) is 4.98 Å². The number of nitrogen functional groups attached to an aromatic ring is 1. The standard InChI is InChI=1S/C11H19N3O/c1-8-5-10(13-6-9(8)12)14(4)11(2,3)7-15/h5-6,15H,7,12H2,1-4H3. The van der Waals surface area contributed by atoms with Crippen LogP contribution in [-0.2, 0) is 0 Å². The van der Waals surface area contributed by atoms with Crippen molar-refractivity contribution in [1.29, 1.82) is 0 Å². The summed E-state index contributed by atoms with van der Waals surface area (Å²) in [4.78, 5) is 6.19. The Kier molecular flexibility index (Phi) is 3.19. The van der Waals surface area contributed by atoms with E-state index >= 15 is 0 Å². The van der Waals surface area contributed by atoms with Crippen molar-refractivity contribution in [1.82, 2.24) is 4.98 Å². The summed E-state index contributed by atoms with van der Waals surface area (Å²) in [5.41, 5.74) is 7.07. The molecule has 84 valence electrons. The molecular formula is C11H19N3O. The van der Waals surface area contributed by atoms with E-state index in [1.54, 1.807) is 6.20 Å². The van der Waals surface area contributed by atoms with E-state index in [1.165, 1.54) is 0 Å². The molecule has 1 heterocycles. The third-order valence-electron chi connectivity index (χ3n) is 2.78. The van der Waals surface area contributed by atoms with Crippen LogP contribution in [0.15, 0.2) is 12.3 Å². The highest BCUT2D eigenvalue weighted by atomic mass is 16.3. The second-order valence-corrected chi connectivity index (χ2v) is 4.43. The first-order chi connectivity index (χ1) is 6.88. The van der Waals surface area contributed by atoms with Crippen molar-refractivity contribution in [3.8, 4) is 0 Å². The van der Waals surface area contributed by atoms with Crippen molar-refractivity contribution in [2.75, 3.05) is 24.3 Å². The summed E-state index contributed by atoms with van der Waals surface area (Å²) in [5, 5.41) is 9.26. The third kappa shape index (κ3) is 2.39. The maximum atomic E-state index is 9.26. The maximum Gasteiger partial charge on any atom is 0.129 e. The number of nitrogens with two attached hydrogens (primary N) is 1. The van der Waals surface area contributed by atoms with Crippen molar-refractivity contribution < 1.29 is 5.11 Å². The highest BCUT2D eigenvalue weighted by molar-refractivity contribution is 5.52. The van der Waals surface area contributed by atoms with E-state index < -0.39 is 0 Å². The summed E-state index contributed by atoms with van der Waals surface area (Å²) in [6.45, 7) is 5.94. The van der Waals surface area contributed by atoms with Gasteiger partial charge >= 0.3 is 0 Å². The molecule has 4 nitrogen and oxygen atoms in total. The number of hydrogen-bond donors (Lipinski definition) is 2. The van der Waals surface area contributed by atoms with Gasteiger partial charge in [-0.1, -0.05) is 0 Å². The molecule has 15 heavy (non-hydrogen) atoms. The molecule has 0 unspecified atom stereocenters. The molecule has 0 amide bonds. The molecule has 0 atom stereocenters. The third-order valence-corrected chi connectivity index (χ3v) is 2.78. The first-order valence-corrected chi connectivity index (χ1v) is 4.95. The van der Waals surface area contributed by atoms with Crippen LogP contribution in [0.1, 0.15) is 19.4 Å². The molecule has 1 aromatic rings. The molecule has 0 aromatic carbocycles. The molecule has 4 heteroatoms. The smallest absolute Gasteiger partial charge is 0.129 e. The van der Waals surface area contributed by atoms with Crippen LogP contribution in [0.5, 0.6) is 0 Å². The summed E-state index contributed by atoms with van der Waals surface area (Å²) in [6.07, 6.45) is 1.65. The summed E-state index contributed by atoms with van der Waals surface area (Å²) in [7, 11) is 1.91. The van der Waals surface area contributed by atoms with E-state index in [4.69, 9.17) is 5.73 Å². The fourth-order valence-electron chi connectivity index (χ4n) is 1.15. The predicted molar refractivity (Wildman–Crippen MR) is 63.0 cm³/mol. The van der Waals surface area contributed by atoms with Gasteiger partial charge in [-0.05, 0) is 32.4 Å². The predicted octanol–water partition coefficient (Wildman–Crippen LogP) is 1.18. The van der Waals surface area contributed by atoms with E-state index in [0.717, 1.165) is 11.4 Å². The number of aliphatic hydroxyl groups is 1. The van der Waals surface area contributed by atoms with Crippen molar-refractivity contribution in [3.63, 3.8) is 0 Å². The maximum absolute atomic E-state index is 9.26. The Labute approximate surface area is 90.7 Å². The topological polar surface area (TPSA) is 62.4 Å². The Bertz CT molecular complexity index is 350. The number of anilines is 2. The Morgan fingerprint density at radius 3 is 2.60 bits per heavy atom. The molecular weight excluding hydrogens is 190 g/mol. The Morgan fingerprint density at radius 1 is 1.53 bits per heavy atom. The second kappa shape index (κ2) is 4.06. The van der Waals surface area contributed by atoms with Crippen molar-refractivity contribution in [2.24, 2.45) is 0 Å². The quantitative estimate of drug-likeness (QED) is 0.784. The zero-order chi connectivity index (χ0) is 11.6. The van der Waals surface area contributed by atoms with Crippen LogP contribution in [0, 0.1) is 6.92 Å². The number of pyridine rings is 1. The average Bonchev–Trinajstić information content (AvgIpc) is 2.21. The zero-order valence-corrected chi connectivity index (χ0v) is 9.78. The van der Waals surface area contributed by atoms with E-state index in [1.807, 2.05) is 38.8 Å². The van der Waals surface area contributed by atoms with E-state index in [0.29, 0.717) is 5.69 Å². The molecule has 0 aliphatic carbocycles. The van der Waals surface area contributed by atoms with Gasteiger partial charge in [-0.15, -0.1) is 0 Å². The lowest BCUT2D eigenvalue weighted by Crippen LogP contribution is -2.44. The van der Waals surface area contributed by atoms with Gasteiger partial charge in [-0.2, -0.15) is 0 Å². The number of hydrogen-bond acceptors (Lipinski definition) is 4. The van der Waals surface area contributed by atoms with Crippen LogP contribution in [0.4, 0.5) is 11.5 Å². The molecule has 0 bridgehead atoms. The Morgan fingerprint density at radius 2 is 2.13 bits per heavy atom. The zero-order valence-electron chi connectivity index (χ0n) is 9.78. The number of likely N-dealkylation sites (N-methyl/N-ethyl adjacent to an activating group) is 1. The van der Waals surface area contributed by atoms with E-state index in [-0.39, 0.29) is 12.1 Å². The van der Waals surface area contributed by atoms with Crippen molar-refractivity contribution >= 4 is 11.5 Å². The van der Waals surface area contributed by atoms with Crippen LogP contribution in [0.25, 0.3) is 0 Å². The molecule has 1 aromatic heterocycles. The number of rotatable bonds is 3. The van der Waals surface area contributed by atoms with Gasteiger partial charge in [0, 0.05) is 7.05 Å². The molecule has 0 radical (unpaired) electrons. The molecule has 0 fully saturated rings. The highest BCUT2D eigenvalue weighted by Gasteiger charge is 2.23. The highest BCUT2D eigenvalue weighted by Crippen LogP contribution is 2.22. The van der Waals surface area contributed by atoms with Gasteiger partial charge in [0.15, 0.2) is 0 Å². The summed E-state index contributed by atoms with van der Waals surface area (Å²) < 4.78 is 0. The number of aromatic nitrogens is 1. The molecule has 0 saturated carbocycles. The Balaban J connectivity index is 3.02. The molecule has 0 aliphatic rings. The van der Waals surface area contributed by atoms with Crippen LogP contribution < -0.4 is 10.6 Å². The van der Waals surface area contributed by atoms with Gasteiger partial charge in [0.25, 0.3) is 0 Å². The number of nitrogens with zero attached hydrogens (tertiary/aromatic N) is 2. The SMILES string of the molecule is Cc1cc(N(C)C(C)(C)CO)ncc1N. The van der Waals surface area contributed by atoms with Crippen LogP contribution in [0.2, 0.25) is 0 Å². The van der Waals surface area contributed by atoms with E-state index in [2.05, 4.69) is 4.98 Å². The van der Waals surface area contributed by atoms with Gasteiger partial charge in [0.05, 0.1) is 24.0 Å². The average molecular weight is 209 g/mol. The number of aliphatic hydroxyl groups excluding tert-OH is 1. The first kappa shape index (κ1) is 11.8. The van der Waals surface area contributed by atoms with Gasteiger partial charge in [0.2, 0.25) is 0 Å². The molecule has 0 saturated heterocycles. The normalized spacial score (nSPS) is 11.5. The van der Waals surface area contributed by atoms with Gasteiger partial charge in [-0.3, -0.25) is 0 Å². The Hall–Kier alpha value is -1.29. The lowest BCUT2D eigenvalue weighted by Gasteiger charge is -2.35. The van der Waals surface area contributed by atoms with Crippen molar-refractivity contribution in [2.45, 2.75) is 26.3 Å². The molecule has 0 aliphatic heterocycles. The summed E-state index contributed by atoms with van der Waals surface area (Å²) >= 11 is 0. The lowest BCUT2D eigenvalue weighted by atomic mass is 10.1. The summed E-state index contributed by atoms with van der Waals surface area (Å²) in [5.74, 6) is 0.820. The second-order valence-electron chi connectivity index (χ2n) is 4.43. The monoisotopic (exact) mass is 209 g/mol. The first-order valence-electron chi connectivity index (χ1n) is 4.95. The summed E-state index contributed by atoms with van der Waals surface area (Å²) in [6, 6.07) is 1.92. The fraction of sp³-hybridized carbons (Fsp3) is 0.545. The van der Waals surface area contributed by atoms with Crippen molar-refractivity contribution in [3.05, 3.63) is 17.8 Å². The van der Waals surface area contributed by atoms with Gasteiger partial charge in [0.1, 0.15) is 5.82 Å². The molecule has 3 N–H and O–H groups in total. The minimum atomic E-state index is -0.324. The minimum Gasteiger partial charge on any atom is -0.397 e. The van der Waals surface area contributed by atoms with Crippen LogP contribution in [0.3, 0.4) is 0 Å². The van der Waals surface area contributed by atoms with Gasteiger partial charge < -0.3 is 15.7 Å².